The molecule has 0 aromatic carbocycles. The van der Waals surface area contributed by atoms with Gasteiger partial charge in [-0.2, -0.15) is 0 Å². The van der Waals surface area contributed by atoms with E-state index in [9.17, 15) is 4.79 Å². The minimum atomic E-state index is -0.653. The summed E-state index contributed by atoms with van der Waals surface area (Å²) < 4.78 is 10.4. The first kappa shape index (κ1) is 16.1. The van der Waals surface area contributed by atoms with Crippen molar-refractivity contribution in [3.8, 4) is 0 Å². The number of nitrogens with one attached hydrogen (secondary N) is 1. The highest BCUT2D eigenvalue weighted by atomic mass is 32.2. The molecule has 0 radical (unpaired) electrons. The van der Waals surface area contributed by atoms with Crippen LogP contribution in [0.15, 0.2) is 21.6 Å². The molecule has 0 bridgehead atoms. The van der Waals surface area contributed by atoms with Crippen LogP contribution in [-0.2, 0) is 9.53 Å². The lowest BCUT2D eigenvalue weighted by Crippen LogP contribution is -2.50. The number of ether oxygens (including phenoxy) is 1. The van der Waals surface area contributed by atoms with Gasteiger partial charge in [-0.25, -0.2) is 0 Å². The standard InChI is InChI=1S/C14H23NO3S/c1-6-17-13(16)14(4,15-5)9-10(2)19-12-7-8-18-11(12)3/h7-8,10,15H,6,9H2,1-5H3. The Kier molecular flexibility index (Phi) is 5.94. The van der Waals surface area contributed by atoms with Gasteiger partial charge < -0.3 is 14.5 Å². The van der Waals surface area contributed by atoms with E-state index in [0.717, 1.165) is 10.7 Å². The minimum absolute atomic E-state index is 0.200. The van der Waals surface area contributed by atoms with E-state index in [-0.39, 0.29) is 11.2 Å². The molecule has 0 aliphatic heterocycles. The van der Waals surface area contributed by atoms with Crippen molar-refractivity contribution >= 4 is 17.7 Å². The molecule has 0 fully saturated rings. The zero-order valence-corrected chi connectivity index (χ0v) is 13.1. The molecule has 2 atom stereocenters. The smallest absolute Gasteiger partial charge is 0.326 e. The molecule has 0 aliphatic carbocycles. The SMILES string of the molecule is CCOC(=O)C(C)(CC(C)Sc1ccoc1C)NC. The van der Waals surface area contributed by atoms with Crippen LogP contribution in [0.1, 0.15) is 33.0 Å². The average Bonchev–Trinajstić information content (AvgIpc) is 2.75. The topological polar surface area (TPSA) is 51.5 Å². The minimum Gasteiger partial charge on any atom is -0.468 e. The van der Waals surface area contributed by atoms with Crippen LogP contribution in [0.2, 0.25) is 0 Å². The summed E-state index contributed by atoms with van der Waals surface area (Å²) in [6.45, 7) is 8.15. The lowest BCUT2D eigenvalue weighted by molar-refractivity contribution is -0.150. The van der Waals surface area contributed by atoms with Gasteiger partial charge in [0.1, 0.15) is 11.3 Å². The van der Waals surface area contributed by atoms with Crippen molar-refractivity contribution in [1.29, 1.82) is 0 Å². The van der Waals surface area contributed by atoms with Gasteiger partial charge in [-0.15, -0.1) is 11.8 Å². The van der Waals surface area contributed by atoms with Crippen LogP contribution in [0.4, 0.5) is 0 Å². The molecule has 0 aliphatic rings. The Morgan fingerprint density at radius 3 is 2.79 bits per heavy atom. The van der Waals surface area contributed by atoms with Crippen LogP contribution in [0.25, 0.3) is 0 Å². The molecular weight excluding hydrogens is 262 g/mol. The summed E-state index contributed by atoms with van der Waals surface area (Å²) in [6.07, 6.45) is 2.38. The van der Waals surface area contributed by atoms with E-state index in [1.165, 1.54) is 0 Å². The molecule has 1 heterocycles. The first-order valence-electron chi connectivity index (χ1n) is 6.49. The van der Waals surface area contributed by atoms with Crippen molar-refractivity contribution in [2.24, 2.45) is 0 Å². The van der Waals surface area contributed by atoms with E-state index in [1.807, 2.05) is 26.8 Å². The maximum atomic E-state index is 12.0. The molecule has 1 rings (SSSR count). The molecule has 0 saturated heterocycles. The summed E-state index contributed by atoms with van der Waals surface area (Å²) >= 11 is 1.71. The zero-order valence-electron chi connectivity index (χ0n) is 12.3. The highest BCUT2D eigenvalue weighted by Gasteiger charge is 2.34. The molecule has 19 heavy (non-hydrogen) atoms. The Morgan fingerprint density at radius 2 is 2.32 bits per heavy atom. The summed E-state index contributed by atoms with van der Waals surface area (Å²) in [5, 5.41) is 3.35. The average molecular weight is 285 g/mol. The van der Waals surface area contributed by atoms with Crippen molar-refractivity contribution in [2.45, 2.75) is 49.8 Å². The van der Waals surface area contributed by atoms with E-state index in [1.54, 1.807) is 25.1 Å². The molecule has 0 amide bonds. The molecule has 5 heteroatoms. The lowest BCUT2D eigenvalue weighted by Gasteiger charge is -2.29. The van der Waals surface area contributed by atoms with Gasteiger partial charge in [0.05, 0.1) is 12.9 Å². The Morgan fingerprint density at radius 1 is 1.63 bits per heavy atom. The first-order chi connectivity index (χ1) is 8.92. The van der Waals surface area contributed by atoms with Gasteiger partial charge in [0, 0.05) is 10.1 Å². The highest BCUT2D eigenvalue weighted by molar-refractivity contribution is 8.00. The Hall–Kier alpha value is -0.940. The number of likely N-dealkylation sites (N-methyl/N-ethyl adjacent to an activating group) is 1. The number of carbonyl (C=O) groups is 1. The Bertz CT molecular complexity index is 419. The second-order valence-corrected chi connectivity index (χ2v) is 6.26. The number of rotatable bonds is 7. The van der Waals surface area contributed by atoms with Crippen molar-refractivity contribution in [3.05, 3.63) is 18.1 Å². The van der Waals surface area contributed by atoms with Gasteiger partial charge in [0.15, 0.2) is 0 Å². The molecule has 1 aromatic heterocycles. The number of carbonyl (C=O) groups excluding carboxylic acids is 1. The summed E-state index contributed by atoms with van der Waals surface area (Å²) in [6, 6.07) is 1.96. The molecule has 2 unspecified atom stereocenters. The molecule has 1 N–H and O–H groups in total. The van der Waals surface area contributed by atoms with E-state index < -0.39 is 5.54 Å². The largest absolute Gasteiger partial charge is 0.468 e. The molecular formula is C14H23NO3S. The fraction of sp³-hybridized carbons (Fsp3) is 0.643. The number of furan rings is 1. The lowest BCUT2D eigenvalue weighted by atomic mass is 9.96. The number of esters is 1. The van der Waals surface area contributed by atoms with E-state index in [2.05, 4.69) is 12.2 Å². The second-order valence-electron chi connectivity index (χ2n) is 4.78. The number of hydrogen-bond donors (Lipinski definition) is 1. The number of thioether (sulfide) groups is 1. The van der Waals surface area contributed by atoms with Crippen molar-refractivity contribution in [3.63, 3.8) is 0 Å². The third-order valence-electron chi connectivity index (χ3n) is 3.11. The van der Waals surface area contributed by atoms with E-state index >= 15 is 0 Å². The maximum absolute atomic E-state index is 12.0. The fourth-order valence-electron chi connectivity index (χ4n) is 1.91. The quantitative estimate of drug-likeness (QED) is 0.616. The molecule has 0 saturated carbocycles. The van der Waals surface area contributed by atoms with E-state index in [0.29, 0.717) is 13.0 Å². The Balaban J connectivity index is 2.65. The number of aryl methyl sites for hydroxylation is 1. The van der Waals surface area contributed by atoms with Crippen molar-refractivity contribution in [1.82, 2.24) is 5.32 Å². The van der Waals surface area contributed by atoms with Crippen LogP contribution >= 0.6 is 11.8 Å². The van der Waals surface area contributed by atoms with Crippen LogP contribution in [0.3, 0.4) is 0 Å². The monoisotopic (exact) mass is 285 g/mol. The van der Waals surface area contributed by atoms with Gasteiger partial charge in [-0.05, 0) is 40.3 Å². The zero-order chi connectivity index (χ0) is 14.5. The predicted molar refractivity (Wildman–Crippen MR) is 77.5 cm³/mol. The summed E-state index contributed by atoms with van der Waals surface area (Å²) in [5.74, 6) is 0.716. The first-order valence-corrected chi connectivity index (χ1v) is 7.37. The van der Waals surface area contributed by atoms with Crippen molar-refractivity contribution < 1.29 is 13.9 Å². The van der Waals surface area contributed by atoms with Gasteiger partial charge in [0.2, 0.25) is 0 Å². The van der Waals surface area contributed by atoms with Gasteiger partial charge in [-0.1, -0.05) is 6.92 Å². The van der Waals surface area contributed by atoms with Gasteiger partial charge >= 0.3 is 5.97 Å². The molecule has 4 nitrogen and oxygen atoms in total. The molecule has 0 spiro atoms. The van der Waals surface area contributed by atoms with Crippen LogP contribution in [0, 0.1) is 6.92 Å². The third kappa shape index (κ3) is 4.28. The molecule has 1 aromatic rings. The van der Waals surface area contributed by atoms with Crippen molar-refractivity contribution in [2.75, 3.05) is 13.7 Å². The predicted octanol–water partition coefficient (Wildman–Crippen LogP) is 3.00. The Labute approximate surface area is 119 Å². The molecule has 108 valence electrons. The summed E-state index contributed by atoms with van der Waals surface area (Å²) in [4.78, 5) is 13.1. The van der Waals surface area contributed by atoms with Crippen LogP contribution in [-0.4, -0.2) is 30.4 Å². The summed E-state index contributed by atoms with van der Waals surface area (Å²) in [7, 11) is 1.79. The van der Waals surface area contributed by atoms with E-state index in [4.69, 9.17) is 9.15 Å². The fourth-order valence-corrected chi connectivity index (χ4v) is 3.11. The van der Waals surface area contributed by atoms with Gasteiger partial charge in [0.25, 0.3) is 0 Å². The maximum Gasteiger partial charge on any atom is 0.326 e. The summed E-state index contributed by atoms with van der Waals surface area (Å²) in [5.41, 5.74) is -0.653. The number of hydrogen-bond acceptors (Lipinski definition) is 5. The highest BCUT2D eigenvalue weighted by Crippen LogP contribution is 2.31. The second kappa shape index (κ2) is 7.01. The van der Waals surface area contributed by atoms with Gasteiger partial charge in [-0.3, -0.25) is 4.79 Å². The normalized spacial score (nSPS) is 15.8. The third-order valence-corrected chi connectivity index (χ3v) is 4.36. The van der Waals surface area contributed by atoms with Crippen LogP contribution in [0.5, 0.6) is 0 Å². The van der Waals surface area contributed by atoms with Crippen LogP contribution < -0.4 is 5.32 Å².